The third-order valence-electron chi connectivity index (χ3n) is 10.6. The van der Waals surface area contributed by atoms with Gasteiger partial charge in [0.15, 0.2) is 0 Å². The van der Waals surface area contributed by atoms with Gasteiger partial charge in [-0.15, -0.1) is 0 Å². The predicted molar refractivity (Wildman–Crippen MR) is 210 cm³/mol. The van der Waals surface area contributed by atoms with E-state index in [2.05, 4.69) is 53.7 Å². The van der Waals surface area contributed by atoms with Crippen LogP contribution in [0.3, 0.4) is 0 Å². The third-order valence-corrected chi connectivity index (χ3v) is 10.6. The van der Waals surface area contributed by atoms with Crippen LogP contribution in [0.1, 0.15) is 52.1 Å². The van der Waals surface area contributed by atoms with Crippen molar-refractivity contribution < 1.29 is 46.9 Å². The summed E-state index contributed by atoms with van der Waals surface area (Å²) < 4.78 is 53.1. The molecule has 60 heavy (non-hydrogen) atoms. The number of nitrogens with zero attached hydrogens (tertiary/aromatic N) is 5. The highest BCUT2D eigenvalue weighted by Gasteiger charge is 2.44. The number of piperidine rings is 1. The first kappa shape index (κ1) is 38.3. The lowest BCUT2D eigenvalue weighted by atomic mass is 9.92. The average Bonchev–Trinajstić information content (AvgIpc) is 3.66. The number of imide groups is 2. The van der Waals surface area contributed by atoms with Crippen molar-refractivity contribution in [3.63, 3.8) is 0 Å². The Kier molecular flexibility index (Phi) is 9.88. The Bertz CT molecular complexity index is 2760. The molecule has 3 aliphatic rings. The molecule has 302 valence electrons. The van der Waals surface area contributed by atoms with Crippen molar-refractivity contribution in [1.82, 2.24) is 29.7 Å². The van der Waals surface area contributed by atoms with Crippen molar-refractivity contribution in [2.75, 3.05) is 13.2 Å². The van der Waals surface area contributed by atoms with E-state index >= 15 is 0 Å². The summed E-state index contributed by atoms with van der Waals surface area (Å²) in [5.74, 6) is 2.59. The average molecular weight is 813 g/mol. The highest BCUT2D eigenvalue weighted by Crippen LogP contribution is 2.34. The van der Waals surface area contributed by atoms with E-state index in [-0.39, 0.29) is 54.2 Å². The van der Waals surface area contributed by atoms with Crippen LogP contribution in [0, 0.1) is 11.8 Å². The first-order chi connectivity index (χ1) is 29.0. The van der Waals surface area contributed by atoms with E-state index < -0.39 is 42.4 Å². The molecular weight excluding hydrogens is 779 g/mol. The van der Waals surface area contributed by atoms with Gasteiger partial charge in [0.05, 0.1) is 29.4 Å². The fourth-order valence-corrected chi connectivity index (χ4v) is 7.49. The molecule has 9 rings (SSSR count). The van der Waals surface area contributed by atoms with Crippen LogP contribution in [0.25, 0.3) is 32.9 Å². The number of benzene rings is 2. The summed E-state index contributed by atoms with van der Waals surface area (Å²) in [7, 11) is 2.05. The van der Waals surface area contributed by atoms with Crippen LogP contribution in [0.5, 0.6) is 17.4 Å². The minimum Gasteiger partial charge on any atom is -0.491 e. The zero-order valence-corrected chi connectivity index (χ0v) is 31.9. The van der Waals surface area contributed by atoms with Gasteiger partial charge in [0, 0.05) is 78.7 Å². The maximum Gasteiger partial charge on any atom is 0.423 e. The Morgan fingerprint density at radius 1 is 0.800 bits per heavy atom. The number of aryl methyl sites for hydroxylation is 1. The summed E-state index contributed by atoms with van der Waals surface area (Å²) in [6.07, 6.45) is 4.19. The topological polar surface area (TPSA) is 164 Å². The third kappa shape index (κ3) is 7.58. The Balaban J connectivity index is 0.709. The molecule has 4 amide bonds. The summed E-state index contributed by atoms with van der Waals surface area (Å²) in [6, 6.07) is 18.2. The van der Waals surface area contributed by atoms with Gasteiger partial charge in [-0.05, 0) is 66.4 Å². The van der Waals surface area contributed by atoms with E-state index in [1.54, 1.807) is 24.4 Å². The zero-order valence-electron chi connectivity index (χ0n) is 31.9. The van der Waals surface area contributed by atoms with E-state index in [1.165, 1.54) is 30.5 Å². The molecule has 2 fully saturated rings. The number of ether oxygens (including phenoxy) is 4. The summed E-state index contributed by atoms with van der Waals surface area (Å²) in [4.78, 5) is 63.4. The van der Waals surface area contributed by atoms with E-state index in [0.29, 0.717) is 24.5 Å². The van der Waals surface area contributed by atoms with Gasteiger partial charge in [-0.1, -0.05) is 12.1 Å². The second-order valence-electron chi connectivity index (χ2n) is 14.5. The molecule has 1 N–H and O–H groups in total. The SMILES string of the molecule is Cn1c2ccncc2c2ccc(-c3ccc(OC4CC(Oc5ccc(C#CC(F)(F)OCCOc6ccc7c(c6)C(=O)N(C6CCC(=O)NC6=O)C7=O)nc5)C4)nc3)cc21. The number of carbonyl (C=O) groups is 4. The van der Waals surface area contributed by atoms with Crippen molar-refractivity contribution in [3.8, 4) is 40.3 Å². The number of carbonyl (C=O) groups excluding carboxylic acids is 4. The minimum absolute atomic E-state index is 0.00470. The van der Waals surface area contributed by atoms with Crippen LogP contribution in [-0.2, 0) is 21.4 Å². The second-order valence-corrected chi connectivity index (χ2v) is 14.5. The molecular formula is C44H34F2N6O8. The van der Waals surface area contributed by atoms with Gasteiger partial charge in [0.1, 0.15) is 42.0 Å². The van der Waals surface area contributed by atoms with Gasteiger partial charge in [-0.3, -0.25) is 34.4 Å². The number of alkyl halides is 2. The Morgan fingerprint density at radius 3 is 2.38 bits per heavy atom. The highest BCUT2D eigenvalue weighted by molar-refractivity contribution is 6.23. The van der Waals surface area contributed by atoms with Crippen molar-refractivity contribution >= 4 is 45.4 Å². The van der Waals surface area contributed by atoms with Crippen molar-refractivity contribution in [3.05, 3.63) is 108 Å². The molecule has 1 unspecified atom stereocenters. The molecule has 6 aromatic rings. The molecule has 4 aromatic heterocycles. The van der Waals surface area contributed by atoms with Gasteiger partial charge in [0.2, 0.25) is 17.7 Å². The first-order valence-electron chi connectivity index (χ1n) is 19.1. The number of nitrogens with one attached hydrogen (secondary N) is 1. The van der Waals surface area contributed by atoms with Crippen molar-refractivity contribution in [2.24, 2.45) is 7.05 Å². The number of fused-ring (bicyclic) bond motifs is 4. The molecule has 0 radical (unpaired) electrons. The van der Waals surface area contributed by atoms with Gasteiger partial charge in [0.25, 0.3) is 11.8 Å². The summed E-state index contributed by atoms with van der Waals surface area (Å²) in [5.41, 5.74) is 4.40. The van der Waals surface area contributed by atoms with Crippen LogP contribution in [-0.4, -0.2) is 85.6 Å². The summed E-state index contributed by atoms with van der Waals surface area (Å²) >= 11 is 0. The maximum atomic E-state index is 14.4. The number of rotatable bonds is 11. The summed E-state index contributed by atoms with van der Waals surface area (Å²) in [5, 5.41) is 4.39. The largest absolute Gasteiger partial charge is 0.491 e. The Hall–Kier alpha value is -7.25. The molecule has 1 saturated carbocycles. The van der Waals surface area contributed by atoms with E-state index in [9.17, 15) is 28.0 Å². The molecule has 1 saturated heterocycles. The number of amides is 4. The molecule has 2 aliphatic heterocycles. The molecule has 0 bridgehead atoms. The fourth-order valence-electron chi connectivity index (χ4n) is 7.49. The first-order valence-corrected chi connectivity index (χ1v) is 19.1. The van der Waals surface area contributed by atoms with Crippen LogP contribution in [0.2, 0.25) is 0 Å². The number of aromatic nitrogens is 4. The molecule has 0 spiro atoms. The van der Waals surface area contributed by atoms with Gasteiger partial charge in [-0.25, -0.2) is 9.97 Å². The standard InChI is InChI=1S/C44H34F2N6O8/c1-51-36-13-15-47-24-35(36)32-7-2-25(18-38(32)51)26-3-11-40(49-22-26)60-31-19-30(20-31)59-29-5-4-27(48-23-29)12-14-44(45,46)58-17-16-57-28-6-8-33-34(21-28)43(56)52(42(33)55)37-9-10-39(53)50-41(37)54/h2-8,11,13,15,18,21-24,30-31,37H,9-10,16-17,19-20H2,1H3,(H,50,53,54). The van der Waals surface area contributed by atoms with E-state index in [1.807, 2.05) is 31.4 Å². The monoisotopic (exact) mass is 812 g/mol. The Morgan fingerprint density at radius 2 is 1.60 bits per heavy atom. The predicted octanol–water partition coefficient (Wildman–Crippen LogP) is 5.61. The van der Waals surface area contributed by atoms with Gasteiger partial charge < -0.3 is 23.5 Å². The van der Waals surface area contributed by atoms with Gasteiger partial charge >= 0.3 is 6.11 Å². The van der Waals surface area contributed by atoms with Crippen molar-refractivity contribution in [2.45, 2.75) is 50.0 Å². The molecule has 2 aromatic carbocycles. The fraction of sp³-hybridized carbons (Fsp3) is 0.250. The lowest BCUT2D eigenvalue weighted by molar-refractivity contribution is -0.195. The number of hydrogen-bond acceptors (Lipinski definition) is 11. The van der Waals surface area contributed by atoms with Crippen molar-refractivity contribution in [1.29, 1.82) is 0 Å². The lowest BCUT2D eigenvalue weighted by Crippen LogP contribution is -2.54. The molecule has 16 heteroatoms. The van der Waals surface area contributed by atoms with Gasteiger partial charge in [-0.2, -0.15) is 8.78 Å². The lowest BCUT2D eigenvalue weighted by Gasteiger charge is -2.34. The normalized spacial score (nSPS) is 18.8. The number of halogens is 2. The zero-order chi connectivity index (χ0) is 41.5. The quantitative estimate of drug-likeness (QED) is 0.0983. The second kappa shape index (κ2) is 15.5. The minimum atomic E-state index is -3.82. The van der Waals surface area contributed by atoms with E-state index in [4.69, 9.17) is 14.2 Å². The molecule has 6 heterocycles. The maximum absolute atomic E-state index is 14.4. The number of hydrogen-bond donors (Lipinski definition) is 1. The van der Waals surface area contributed by atoms with E-state index in [0.717, 1.165) is 37.8 Å². The highest BCUT2D eigenvalue weighted by atomic mass is 19.3. The smallest absolute Gasteiger partial charge is 0.423 e. The Labute approximate surface area is 340 Å². The van der Waals surface area contributed by atoms with Crippen LogP contribution < -0.4 is 19.5 Å². The molecule has 14 nitrogen and oxygen atoms in total. The number of pyridine rings is 3. The summed E-state index contributed by atoms with van der Waals surface area (Å²) in [6.45, 7) is -0.874. The molecule has 1 atom stereocenters. The van der Waals surface area contributed by atoms with Crippen LogP contribution in [0.4, 0.5) is 8.78 Å². The molecule has 1 aliphatic carbocycles. The van der Waals surface area contributed by atoms with Crippen LogP contribution in [0.15, 0.2) is 91.5 Å². The van der Waals surface area contributed by atoms with Crippen LogP contribution >= 0.6 is 0 Å².